The van der Waals surface area contributed by atoms with Crippen LogP contribution in [0.5, 0.6) is 0 Å². The van der Waals surface area contributed by atoms with E-state index in [1.165, 1.54) is 0 Å². The van der Waals surface area contributed by atoms with Crippen molar-refractivity contribution in [2.75, 3.05) is 0 Å². The van der Waals surface area contributed by atoms with Crippen molar-refractivity contribution in [1.82, 2.24) is 0 Å². The maximum atomic E-state index is 12.9. The Morgan fingerprint density at radius 3 is 1.87 bits per heavy atom. The van der Waals surface area contributed by atoms with Crippen LogP contribution in [0.25, 0.3) is 11.1 Å². The second-order valence-corrected chi connectivity index (χ2v) is 6.19. The fourth-order valence-corrected chi connectivity index (χ4v) is 3.02. The zero-order valence-corrected chi connectivity index (χ0v) is 13.2. The van der Waals surface area contributed by atoms with Crippen LogP contribution in [0.1, 0.15) is 25.0 Å². The highest BCUT2D eigenvalue weighted by Gasteiger charge is 2.39. The van der Waals surface area contributed by atoms with Gasteiger partial charge in [0.15, 0.2) is 12.1 Å². The van der Waals surface area contributed by atoms with Gasteiger partial charge in [-0.15, -0.1) is 0 Å². The Labute approximate surface area is 136 Å². The Morgan fingerprint density at radius 1 is 0.826 bits per heavy atom. The number of Topliss-reactive ketones (excluding diaryl/α,β-unsaturated/α-hetero) is 1. The summed E-state index contributed by atoms with van der Waals surface area (Å²) in [4.78, 5) is 24.5. The van der Waals surface area contributed by atoms with Gasteiger partial charge in [0.2, 0.25) is 0 Å². The molecule has 1 aliphatic carbocycles. The van der Waals surface area contributed by atoms with Crippen LogP contribution in [0.15, 0.2) is 72.3 Å². The topological polar surface area (TPSA) is 34.1 Å². The molecule has 0 radical (unpaired) electrons. The van der Waals surface area contributed by atoms with Gasteiger partial charge in [-0.05, 0) is 42.2 Å². The lowest BCUT2D eigenvalue weighted by atomic mass is 9.69. The second kappa shape index (κ2) is 5.81. The lowest BCUT2D eigenvalue weighted by Crippen LogP contribution is -2.31. The molecule has 0 heterocycles. The van der Waals surface area contributed by atoms with Crippen LogP contribution < -0.4 is 0 Å². The molecule has 2 nitrogen and oxygen atoms in total. The summed E-state index contributed by atoms with van der Waals surface area (Å²) in [7, 11) is 0. The van der Waals surface area contributed by atoms with Crippen molar-refractivity contribution in [3.05, 3.63) is 83.4 Å². The Balaban J connectivity index is 2.26. The van der Waals surface area contributed by atoms with E-state index in [0.717, 1.165) is 16.7 Å². The van der Waals surface area contributed by atoms with Crippen molar-refractivity contribution in [2.24, 2.45) is 5.41 Å². The number of aldehydes is 1. The predicted molar refractivity (Wildman–Crippen MR) is 92.6 cm³/mol. The van der Waals surface area contributed by atoms with Gasteiger partial charge in [0.25, 0.3) is 0 Å². The Hall–Kier alpha value is -2.74. The molecule has 0 spiro atoms. The van der Waals surface area contributed by atoms with Crippen LogP contribution in [0, 0.1) is 5.41 Å². The summed E-state index contributed by atoms with van der Waals surface area (Å²) in [6.07, 6.45) is 2.67. The smallest absolute Gasteiger partial charge is 0.176 e. The molecule has 0 atom stereocenters. The standard InChI is InChI=1S/C21H18O2/c1-21(2)19(16-11-7-4-8-12-16)13-17(18(14-22)20(21)23)15-9-5-3-6-10-15/h3-14H,1-2H3. The van der Waals surface area contributed by atoms with Crippen LogP contribution in [-0.4, -0.2) is 12.1 Å². The molecule has 2 aromatic rings. The van der Waals surface area contributed by atoms with Gasteiger partial charge in [-0.3, -0.25) is 9.59 Å². The predicted octanol–water partition coefficient (Wildman–Crippen LogP) is 4.33. The summed E-state index contributed by atoms with van der Waals surface area (Å²) in [6.45, 7) is 3.75. The number of allylic oxidation sites excluding steroid dienone is 4. The van der Waals surface area contributed by atoms with Gasteiger partial charge in [0, 0.05) is 0 Å². The molecule has 0 aromatic heterocycles. The largest absolute Gasteiger partial charge is 0.298 e. The van der Waals surface area contributed by atoms with E-state index in [2.05, 4.69) is 0 Å². The molecule has 0 saturated carbocycles. The summed E-state index contributed by atoms with van der Waals surface area (Å²) in [6, 6.07) is 19.4. The molecule has 114 valence electrons. The van der Waals surface area contributed by atoms with Gasteiger partial charge in [0.1, 0.15) is 0 Å². The first kappa shape index (κ1) is 15.2. The van der Waals surface area contributed by atoms with Gasteiger partial charge < -0.3 is 0 Å². The zero-order chi connectivity index (χ0) is 16.4. The fourth-order valence-electron chi connectivity index (χ4n) is 3.02. The van der Waals surface area contributed by atoms with Crippen molar-refractivity contribution in [1.29, 1.82) is 0 Å². The molecule has 0 N–H and O–H groups in total. The molecule has 0 aliphatic heterocycles. The molecular weight excluding hydrogens is 284 g/mol. The SMILES string of the molecule is CC1(C)C(=O)C(C=O)=C(c2ccccc2)C=C1c1ccccc1. The van der Waals surface area contributed by atoms with E-state index in [1.807, 2.05) is 80.6 Å². The third-order valence-electron chi connectivity index (χ3n) is 4.35. The maximum absolute atomic E-state index is 12.9. The van der Waals surface area contributed by atoms with Crippen molar-refractivity contribution in [2.45, 2.75) is 13.8 Å². The highest BCUT2D eigenvalue weighted by atomic mass is 16.1. The minimum absolute atomic E-state index is 0.132. The second-order valence-electron chi connectivity index (χ2n) is 6.19. The number of rotatable bonds is 3. The third-order valence-corrected chi connectivity index (χ3v) is 4.35. The maximum Gasteiger partial charge on any atom is 0.176 e. The number of carbonyl (C=O) groups is 2. The molecule has 0 amide bonds. The molecule has 2 aromatic carbocycles. The highest BCUT2D eigenvalue weighted by Crippen LogP contribution is 2.44. The molecule has 0 saturated heterocycles. The summed E-state index contributed by atoms with van der Waals surface area (Å²) in [5.74, 6) is -0.132. The van der Waals surface area contributed by atoms with Gasteiger partial charge in [0.05, 0.1) is 11.0 Å². The number of benzene rings is 2. The van der Waals surface area contributed by atoms with Crippen molar-refractivity contribution in [3.8, 4) is 0 Å². The molecule has 0 fully saturated rings. The van der Waals surface area contributed by atoms with E-state index in [4.69, 9.17) is 0 Å². The van der Waals surface area contributed by atoms with E-state index in [0.29, 0.717) is 11.9 Å². The summed E-state index contributed by atoms with van der Waals surface area (Å²) in [5.41, 5.74) is 3.05. The summed E-state index contributed by atoms with van der Waals surface area (Å²) >= 11 is 0. The first-order valence-corrected chi connectivity index (χ1v) is 7.63. The van der Waals surface area contributed by atoms with Crippen LogP contribution in [0.3, 0.4) is 0 Å². The quantitative estimate of drug-likeness (QED) is 0.624. The van der Waals surface area contributed by atoms with Crippen LogP contribution in [-0.2, 0) is 9.59 Å². The Morgan fingerprint density at radius 2 is 1.35 bits per heavy atom. The van der Waals surface area contributed by atoms with Crippen molar-refractivity contribution in [3.63, 3.8) is 0 Å². The van der Waals surface area contributed by atoms with Crippen molar-refractivity contribution >= 4 is 23.2 Å². The lowest BCUT2D eigenvalue weighted by molar-refractivity contribution is -0.122. The molecule has 0 bridgehead atoms. The first-order valence-electron chi connectivity index (χ1n) is 7.63. The summed E-state index contributed by atoms with van der Waals surface area (Å²) < 4.78 is 0. The number of hydrogen-bond donors (Lipinski definition) is 0. The molecule has 3 rings (SSSR count). The van der Waals surface area contributed by atoms with Gasteiger partial charge in [-0.1, -0.05) is 60.7 Å². The number of carbonyl (C=O) groups excluding carboxylic acids is 2. The van der Waals surface area contributed by atoms with E-state index in [9.17, 15) is 9.59 Å². The Bertz CT molecular complexity index is 809. The van der Waals surface area contributed by atoms with Gasteiger partial charge >= 0.3 is 0 Å². The van der Waals surface area contributed by atoms with E-state index >= 15 is 0 Å². The molecule has 1 aliphatic rings. The highest BCUT2D eigenvalue weighted by molar-refractivity contribution is 6.27. The van der Waals surface area contributed by atoms with E-state index < -0.39 is 5.41 Å². The van der Waals surface area contributed by atoms with Gasteiger partial charge in [-0.25, -0.2) is 0 Å². The number of ketones is 1. The lowest BCUT2D eigenvalue weighted by Gasteiger charge is -2.32. The number of hydrogen-bond acceptors (Lipinski definition) is 2. The van der Waals surface area contributed by atoms with Crippen LogP contribution in [0.4, 0.5) is 0 Å². The van der Waals surface area contributed by atoms with E-state index in [-0.39, 0.29) is 11.4 Å². The normalized spacial score (nSPS) is 17.0. The molecule has 23 heavy (non-hydrogen) atoms. The Kier molecular flexibility index (Phi) is 3.83. The van der Waals surface area contributed by atoms with Crippen LogP contribution in [0.2, 0.25) is 0 Å². The van der Waals surface area contributed by atoms with Crippen molar-refractivity contribution < 1.29 is 9.59 Å². The van der Waals surface area contributed by atoms with Gasteiger partial charge in [-0.2, -0.15) is 0 Å². The molecule has 0 unspecified atom stereocenters. The first-order chi connectivity index (χ1) is 11.1. The van der Waals surface area contributed by atoms with Crippen LogP contribution >= 0.6 is 0 Å². The third kappa shape index (κ3) is 2.57. The average Bonchev–Trinajstić information content (AvgIpc) is 2.58. The van der Waals surface area contributed by atoms with E-state index in [1.54, 1.807) is 0 Å². The minimum atomic E-state index is -0.726. The molecular formula is C21H18O2. The average molecular weight is 302 g/mol. The monoisotopic (exact) mass is 302 g/mol. The minimum Gasteiger partial charge on any atom is -0.298 e. The summed E-state index contributed by atoms with van der Waals surface area (Å²) in [5, 5.41) is 0. The molecule has 2 heteroatoms. The zero-order valence-electron chi connectivity index (χ0n) is 13.2. The fraction of sp³-hybridized carbons (Fsp3) is 0.143.